The van der Waals surface area contributed by atoms with E-state index in [1.807, 2.05) is 0 Å². The van der Waals surface area contributed by atoms with Crippen molar-refractivity contribution in [3.63, 3.8) is 0 Å². The summed E-state index contributed by atoms with van der Waals surface area (Å²) in [4.78, 5) is 0. The molecule has 4 atom stereocenters. The van der Waals surface area contributed by atoms with E-state index < -0.39 is 0 Å². The average molecular weight is 235 g/mol. The Hall–Kier alpha value is -0.340. The van der Waals surface area contributed by atoms with E-state index in [-0.39, 0.29) is 0 Å². The van der Waals surface area contributed by atoms with Crippen LogP contribution in [-0.2, 0) is 4.74 Å². The second kappa shape index (κ2) is 4.40. The Bertz CT molecular complexity index is 310. The van der Waals surface area contributed by atoms with Crippen LogP contribution in [0.2, 0.25) is 0 Å². The van der Waals surface area contributed by atoms with Gasteiger partial charge in [0.1, 0.15) is 0 Å². The third kappa shape index (κ3) is 1.96. The van der Waals surface area contributed by atoms with Gasteiger partial charge in [-0.3, -0.25) is 0 Å². The zero-order valence-corrected chi connectivity index (χ0v) is 11.1. The molecule has 0 amide bonds. The highest BCUT2D eigenvalue weighted by molar-refractivity contribution is 5.11. The molecule has 0 aromatic heterocycles. The first-order valence-electron chi connectivity index (χ1n) is 7.22. The number of nitrogens with one attached hydrogen (secondary N) is 1. The largest absolute Gasteiger partial charge is 0.377 e. The molecule has 1 saturated heterocycles. The lowest BCUT2D eigenvalue weighted by Gasteiger charge is -2.61. The summed E-state index contributed by atoms with van der Waals surface area (Å²) in [5.74, 6) is 0.768. The Morgan fingerprint density at radius 3 is 2.88 bits per heavy atom. The number of ether oxygens (including phenoxy) is 1. The molecule has 0 aromatic rings. The van der Waals surface area contributed by atoms with Gasteiger partial charge < -0.3 is 10.1 Å². The Balaban J connectivity index is 1.64. The second-order valence-corrected chi connectivity index (χ2v) is 6.54. The van der Waals surface area contributed by atoms with E-state index in [0.29, 0.717) is 23.6 Å². The third-order valence-corrected chi connectivity index (χ3v) is 5.02. The summed E-state index contributed by atoms with van der Waals surface area (Å²) in [6, 6.07) is 1.37. The summed E-state index contributed by atoms with van der Waals surface area (Å²) in [5, 5.41) is 3.91. The fourth-order valence-corrected chi connectivity index (χ4v) is 4.06. The van der Waals surface area contributed by atoms with E-state index in [1.165, 1.54) is 32.1 Å². The Kier molecular flexibility index (Phi) is 3.04. The fraction of sp³-hybridized carbons (Fsp3) is 0.867. The van der Waals surface area contributed by atoms with E-state index in [4.69, 9.17) is 4.74 Å². The summed E-state index contributed by atoms with van der Waals surface area (Å²) >= 11 is 0. The van der Waals surface area contributed by atoms with E-state index in [2.05, 4.69) is 31.3 Å². The standard InChI is InChI=1S/C15H25NO/c1-15(2)13(12-9-6-10-17-14(12)15)16-11-7-4-3-5-8-11/h3-4,11-14,16H,5-10H2,1-2H3. The van der Waals surface area contributed by atoms with Crippen molar-refractivity contribution in [2.45, 2.75) is 64.1 Å². The maximum atomic E-state index is 5.96. The van der Waals surface area contributed by atoms with Gasteiger partial charge in [0.05, 0.1) is 6.10 Å². The molecule has 0 aromatic carbocycles. The molecule has 1 saturated carbocycles. The van der Waals surface area contributed by atoms with Crippen molar-refractivity contribution < 1.29 is 4.74 Å². The molecule has 0 radical (unpaired) electrons. The molecule has 17 heavy (non-hydrogen) atoms. The van der Waals surface area contributed by atoms with Crippen LogP contribution in [0, 0.1) is 11.3 Å². The molecule has 1 aliphatic heterocycles. The Morgan fingerprint density at radius 2 is 2.12 bits per heavy atom. The first-order chi connectivity index (χ1) is 8.19. The predicted octanol–water partition coefficient (Wildman–Crippen LogP) is 2.89. The van der Waals surface area contributed by atoms with Crippen LogP contribution in [0.15, 0.2) is 12.2 Å². The molecule has 3 aliphatic rings. The highest BCUT2D eigenvalue weighted by Gasteiger charge is 2.57. The normalized spacial score (nSPS) is 43.9. The second-order valence-electron chi connectivity index (χ2n) is 6.54. The molecule has 4 unspecified atom stereocenters. The van der Waals surface area contributed by atoms with Crippen LogP contribution in [-0.4, -0.2) is 24.8 Å². The summed E-state index contributed by atoms with van der Waals surface area (Å²) in [7, 11) is 0. The van der Waals surface area contributed by atoms with Crippen LogP contribution in [0.1, 0.15) is 46.0 Å². The predicted molar refractivity (Wildman–Crippen MR) is 69.9 cm³/mol. The molecule has 0 bridgehead atoms. The van der Waals surface area contributed by atoms with Crippen molar-refractivity contribution in [3.05, 3.63) is 12.2 Å². The van der Waals surface area contributed by atoms with Crippen LogP contribution in [0.4, 0.5) is 0 Å². The lowest BCUT2D eigenvalue weighted by molar-refractivity contribution is -0.194. The summed E-state index contributed by atoms with van der Waals surface area (Å²) in [5.41, 5.74) is 0.326. The van der Waals surface area contributed by atoms with Crippen LogP contribution < -0.4 is 5.32 Å². The van der Waals surface area contributed by atoms with Crippen molar-refractivity contribution in [3.8, 4) is 0 Å². The highest BCUT2D eigenvalue weighted by atomic mass is 16.5. The zero-order chi connectivity index (χ0) is 11.9. The topological polar surface area (TPSA) is 21.3 Å². The summed E-state index contributed by atoms with van der Waals surface area (Å²) in [6.45, 7) is 5.72. The molecule has 2 heteroatoms. The fourth-order valence-electron chi connectivity index (χ4n) is 4.06. The maximum Gasteiger partial charge on any atom is 0.0684 e. The first-order valence-corrected chi connectivity index (χ1v) is 7.22. The number of rotatable bonds is 2. The molecule has 0 spiro atoms. The lowest BCUT2D eigenvalue weighted by atomic mass is 9.55. The number of fused-ring (bicyclic) bond motifs is 1. The quantitative estimate of drug-likeness (QED) is 0.743. The number of hydrogen-bond acceptors (Lipinski definition) is 2. The maximum absolute atomic E-state index is 5.96. The summed E-state index contributed by atoms with van der Waals surface area (Å²) < 4.78 is 5.96. The minimum Gasteiger partial charge on any atom is -0.377 e. The van der Waals surface area contributed by atoms with Gasteiger partial charge in [-0.15, -0.1) is 0 Å². The SMILES string of the molecule is CC1(C)C(NC2CC=CCC2)C2CCCOC21. The third-order valence-electron chi connectivity index (χ3n) is 5.02. The monoisotopic (exact) mass is 235 g/mol. The molecule has 96 valence electrons. The lowest BCUT2D eigenvalue weighted by Crippen LogP contribution is -2.70. The van der Waals surface area contributed by atoms with E-state index in [9.17, 15) is 0 Å². The molecule has 1 heterocycles. The van der Waals surface area contributed by atoms with Crippen LogP contribution in [0.5, 0.6) is 0 Å². The highest BCUT2D eigenvalue weighted by Crippen LogP contribution is 2.51. The van der Waals surface area contributed by atoms with Crippen LogP contribution >= 0.6 is 0 Å². The van der Waals surface area contributed by atoms with Gasteiger partial charge in [0.15, 0.2) is 0 Å². The van der Waals surface area contributed by atoms with Gasteiger partial charge in [-0.25, -0.2) is 0 Å². The van der Waals surface area contributed by atoms with Crippen molar-refractivity contribution in [2.75, 3.05) is 6.61 Å². The van der Waals surface area contributed by atoms with E-state index >= 15 is 0 Å². The molecule has 2 aliphatic carbocycles. The zero-order valence-electron chi connectivity index (χ0n) is 11.1. The van der Waals surface area contributed by atoms with Gasteiger partial charge in [-0.1, -0.05) is 26.0 Å². The molecule has 2 nitrogen and oxygen atoms in total. The smallest absolute Gasteiger partial charge is 0.0684 e. The van der Waals surface area contributed by atoms with Crippen molar-refractivity contribution in [1.82, 2.24) is 5.32 Å². The number of allylic oxidation sites excluding steroid dienone is 1. The first kappa shape index (κ1) is 11.7. The van der Waals surface area contributed by atoms with Gasteiger partial charge in [-0.2, -0.15) is 0 Å². The summed E-state index contributed by atoms with van der Waals surface area (Å²) in [6.07, 6.45) is 11.5. The molecule has 2 fully saturated rings. The van der Waals surface area contributed by atoms with Crippen LogP contribution in [0.3, 0.4) is 0 Å². The van der Waals surface area contributed by atoms with Crippen LogP contribution in [0.25, 0.3) is 0 Å². The minimum atomic E-state index is 0.326. The Labute approximate surface area is 105 Å². The van der Waals surface area contributed by atoms with E-state index in [0.717, 1.165) is 12.5 Å². The van der Waals surface area contributed by atoms with Crippen molar-refractivity contribution in [1.29, 1.82) is 0 Å². The molecular weight excluding hydrogens is 210 g/mol. The van der Waals surface area contributed by atoms with Gasteiger partial charge in [-0.05, 0) is 32.1 Å². The number of hydrogen-bond donors (Lipinski definition) is 1. The average Bonchev–Trinajstić information content (AvgIpc) is 2.37. The van der Waals surface area contributed by atoms with Gasteiger partial charge >= 0.3 is 0 Å². The van der Waals surface area contributed by atoms with Crippen molar-refractivity contribution in [2.24, 2.45) is 11.3 Å². The minimum absolute atomic E-state index is 0.326. The van der Waals surface area contributed by atoms with Crippen molar-refractivity contribution >= 4 is 0 Å². The molecule has 1 N–H and O–H groups in total. The van der Waals surface area contributed by atoms with E-state index in [1.54, 1.807) is 0 Å². The molecule has 3 rings (SSSR count). The Morgan fingerprint density at radius 1 is 1.24 bits per heavy atom. The molecular formula is C15H25NO. The van der Waals surface area contributed by atoms with Gasteiger partial charge in [0.2, 0.25) is 0 Å². The van der Waals surface area contributed by atoms with Gasteiger partial charge in [0, 0.05) is 30.0 Å². The van der Waals surface area contributed by atoms with Gasteiger partial charge in [0.25, 0.3) is 0 Å².